The van der Waals surface area contributed by atoms with Crippen LogP contribution >= 0.6 is 22.7 Å². The van der Waals surface area contributed by atoms with Gasteiger partial charge in [-0.15, -0.1) is 22.7 Å². The second-order valence-corrected chi connectivity index (χ2v) is 28.0. The second-order valence-electron chi connectivity index (χ2n) is 25.9. The standard InChI is InChI=1S/C87H53N5S2/c1-87(2)69-26-12-6-20-57(69)66-48-68-59-42-36-53(47-75(59)90(76(68)49-70(66)87)55-38-32-50(33-39-55)79-62-22-7-13-27-71(62)88-81-64-24-10-16-30-77(64)93-85(79)81)52-37-45-74-67(46-52)61-44-43-60-58-21-9-15-29-73(58)92(83(60)84(61)91(74)54-18-4-3-5-19-54)56-40-34-51(35-41-56)80-63-23-8-14-28-72(63)89-82-65-25-11-17-31-78(65)94-86(80)82/h3-49H,1-2H3. The van der Waals surface area contributed by atoms with Crippen molar-refractivity contribution in [3.63, 3.8) is 0 Å². The predicted molar refractivity (Wildman–Crippen MR) is 400 cm³/mol. The molecule has 0 bridgehead atoms. The minimum Gasteiger partial charge on any atom is -0.309 e. The summed E-state index contributed by atoms with van der Waals surface area (Å²) in [4.78, 5) is 10.5. The highest BCUT2D eigenvalue weighted by atomic mass is 32.1. The van der Waals surface area contributed by atoms with Crippen LogP contribution in [0.4, 0.5) is 0 Å². The molecule has 0 unspecified atom stereocenters. The monoisotopic (exact) mass is 1230 g/mol. The molecular formula is C87H53N5S2. The van der Waals surface area contributed by atoms with Gasteiger partial charge in [0.2, 0.25) is 0 Å². The van der Waals surface area contributed by atoms with Gasteiger partial charge in [-0.1, -0.05) is 202 Å². The van der Waals surface area contributed by atoms with Crippen LogP contribution in [0.25, 0.3) is 189 Å². The number of hydrogen-bond donors (Lipinski definition) is 0. The summed E-state index contributed by atoms with van der Waals surface area (Å²) in [6.07, 6.45) is 0. The molecule has 438 valence electrons. The van der Waals surface area contributed by atoms with Gasteiger partial charge < -0.3 is 13.7 Å². The van der Waals surface area contributed by atoms with Crippen LogP contribution in [0.15, 0.2) is 285 Å². The Kier molecular flexibility index (Phi) is 10.7. The molecule has 0 amide bonds. The van der Waals surface area contributed by atoms with E-state index in [1.54, 1.807) is 0 Å². The molecule has 1 aliphatic carbocycles. The Hall–Kier alpha value is -11.5. The number of hydrogen-bond acceptors (Lipinski definition) is 4. The zero-order valence-corrected chi connectivity index (χ0v) is 52.8. The summed E-state index contributed by atoms with van der Waals surface area (Å²) >= 11 is 3.68. The van der Waals surface area contributed by atoms with E-state index in [9.17, 15) is 0 Å². The number of pyridine rings is 2. The Morgan fingerprint density at radius 3 is 1.38 bits per heavy atom. The van der Waals surface area contributed by atoms with Crippen LogP contribution in [-0.2, 0) is 5.41 Å². The van der Waals surface area contributed by atoms with Crippen LogP contribution in [0, 0.1) is 0 Å². The molecule has 7 aromatic heterocycles. The van der Waals surface area contributed by atoms with Crippen LogP contribution in [0.5, 0.6) is 0 Å². The van der Waals surface area contributed by atoms with Crippen LogP contribution < -0.4 is 0 Å². The molecule has 0 atom stereocenters. The smallest absolute Gasteiger partial charge is 0.0902 e. The van der Waals surface area contributed by atoms with Crippen LogP contribution in [0.2, 0.25) is 0 Å². The summed E-state index contributed by atoms with van der Waals surface area (Å²) in [7, 11) is 0. The van der Waals surface area contributed by atoms with Crippen molar-refractivity contribution in [3.8, 4) is 61.6 Å². The van der Waals surface area contributed by atoms with E-state index in [-0.39, 0.29) is 5.41 Å². The lowest BCUT2D eigenvalue weighted by Gasteiger charge is -2.21. The second kappa shape index (κ2) is 19.3. The van der Waals surface area contributed by atoms with E-state index < -0.39 is 0 Å². The largest absolute Gasteiger partial charge is 0.309 e. The normalized spacial score (nSPS) is 13.1. The topological polar surface area (TPSA) is 40.6 Å². The van der Waals surface area contributed by atoms with E-state index in [1.807, 2.05) is 22.7 Å². The van der Waals surface area contributed by atoms with Gasteiger partial charge in [0.25, 0.3) is 0 Å². The Labute approximate surface area is 547 Å². The molecule has 0 radical (unpaired) electrons. The minimum absolute atomic E-state index is 0.170. The summed E-state index contributed by atoms with van der Waals surface area (Å²) in [5.74, 6) is 0. The Balaban J connectivity index is 0.761. The van der Waals surface area contributed by atoms with E-state index >= 15 is 0 Å². The van der Waals surface area contributed by atoms with Crippen molar-refractivity contribution in [2.45, 2.75) is 19.3 Å². The van der Waals surface area contributed by atoms with Gasteiger partial charge in [-0.3, -0.25) is 0 Å². The SMILES string of the molecule is CC1(C)c2ccccc2-c2cc3c4ccc(-c5ccc6c(c5)c5ccc7c8ccccc8n(-c8ccc(-c9c%10ccccc%10nc%10c9sc9ccccc9%10)cc8)c7c5n6-c5ccccc5)cc4n(-c4ccc(-c5c6ccccc6nc6c5sc5ccccc56)cc4)c3cc21. The number of thiophene rings is 2. The Morgan fingerprint density at radius 1 is 0.287 bits per heavy atom. The van der Waals surface area contributed by atoms with Gasteiger partial charge in [-0.05, 0) is 142 Å². The molecule has 20 aromatic rings. The van der Waals surface area contributed by atoms with Crippen LogP contribution in [0.1, 0.15) is 25.0 Å². The van der Waals surface area contributed by atoms with Crippen molar-refractivity contribution in [3.05, 3.63) is 296 Å². The first-order chi connectivity index (χ1) is 46.4. The fraction of sp³-hybridized carbons (Fsp3) is 0.0345. The van der Waals surface area contributed by atoms with Gasteiger partial charge in [0.15, 0.2) is 0 Å². The highest BCUT2D eigenvalue weighted by molar-refractivity contribution is 7.26. The number of rotatable bonds is 6. The lowest BCUT2D eigenvalue weighted by Crippen LogP contribution is -2.14. The third-order valence-electron chi connectivity index (χ3n) is 20.6. The molecule has 0 saturated carbocycles. The Bertz CT molecular complexity index is 6670. The number of aromatic nitrogens is 5. The maximum atomic E-state index is 5.28. The summed E-state index contributed by atoms with van der Waals surface area (Å²) in [5.41, 5.74) is 26.9. The Morgan fingerprint density at radius 2 is 0.734 bits per heavy atom. The van der Waals surface area contributed by atoms with Gasteiger partial charge in [-0.25, -0.2) is 9.97 Å². The minimum atomic E-state index is -0.170. The molecule has 0 saturated heterocycles. The maximum absolute atomic E-state index is 5.28. The molecule has 7 heterocycles. The molecule has 7 heteroatoms. The highest BCUT2D eigenvalue weighted by Gasteiger charge is 2.36. The van der Waals surface area contributed by atoms with Crippen molar-refractivity contribution in [1.82, 2.24) is 23.7 Å². The number of fused-ring (bicyclic) bond motifs is 21. The first-order valence-electron chi connectivity index (χ1n) is 32.3. The fourth-order valence-corrected chi connectivity index (χ4v) is 18.8. The number of nitrogens with zero attached hydrogens (tertiary/aromatic N) is 5. The molecule has 94 heavy (non-hydrogen) atoms. The molecule has 13 aromatic carbocycles. The summed E-state index contributed by atoms with van der Waals surface area (Å²) in [6, 6.07) is 106. The lowest BCUT2D eigenvalue weighted by molar-refractivity contribution is 0.661. The van der Waals surface area contributed by atoms with Crippen LogP contribution in [-0.4, -0.2) is 23.7 Å². The average Bonchev–Trinajstić information content (AvgIpc) is 1.55. The van der Waals surface area contributed by atoms with E-state index in [1.165, 1.54) is 139 Å². The molecule has 0 aliphatic heterocycles. The third kappa shape index (κ3) is 7.22. The van der Waals surface area contributed by atoms with Gasteiger partial charge in [0, 0.05) is 96.9 Å². The van der Waals surface area contributed by atoms with Gasteiger partial charge in [-0.2, -0.15) is 0 Å². The maximum Gasteiger partial charge on any atom is 0.0902 e. The highest BCUT2D eigenvalue weighted by Crippen LogP contribution is 2.53. The van der Waals surface area contributed by atoms with Gasteiger partial charge >= 0.3 is 0 Å². The van der Waals surface area contributed by atoms with E-state index in [0.29, 0.717) is 0 Å². The first-order valence-corrected chi connectivity index (χ1v) is 33.9. The fourth-order valence-electron chi connectivity index (χ4n) is 16.3. The zero-order chi connectivity index (χ0) is 61.7. The third-order valence-corrected chi connectivity index (χ3v) is 23.0. The van der Waals surface area contributed by atoms with E-state index in [0.717, 1.165) is 61.2 Å². The molecule has 5 nitrogen and oxygen atoms in total. The van der Waals surface area contributed by atoms with Gasteiger partial charge in [0.1, 0.15) is 0 Å². The molecular weight excluding hydrogens is 1180 g/mol. The van der Waals surface area contributed by atoms with Crippen molar-refractivity contribution in [2.75, 3.05) is 0 Å². The van der Waals surface area contributed by atoms with E-state index in [4.69, 9.17) is 9.97 Å². The summed E-state index contributed by atoms with van der Waals surface area (Å²) in [6.45, 7) is 4.77. The molecule has 0 fully saturated rings. The number of para-hydroxylation sites is 4. The first kappa shape index (κ1) is 52.2. The summed E-state index contributed by atoms with van der Waals surface area (Å²) < 4.78 is 12.5. The quantitative estimate of drug-likeness (QED) is 0.166. The molecule has 0 N–H and O–H groups in total. The van der Waals surface area contributed by atoms with E-state index in [2.05, 4.69) is 313 Å². The predicted octanol–water partition coefficient (Wildman–Crippen LogP) is 24.1. The van der Waals surface area contributed by atoms with Crippen molar-refractivity contribution < 1.29 is 0 Å². The summed E-state index contributed by atoms with van der Waals surface area (Å²) in [5, 5.41) is 12.0. The van der Waals surface area contributed by atoms with Crippen LogP contribution in [0.3, 0.4) is 0 Å². The van der Waals surface area contributed by atoms with Gasteiger partial charge in [0.05, 0.1) is 64.6 Å². The zero-order valence-electron chi connectivity index (χ0n) is 51.2. The molecule has 21 rings (SSSR count). The van der Waals surface area contributed by atoms with Crippen molar-refractivity contribution >= 4 is 151 Å². The molecule has 0 spiro atoms. The van der Waals surface area contributed by atoms with Crippen molar-refractivity contribution in [1.29, 1.82) is 0 Å². The lowest BCUT2D eigenvalue weighted by atomic mass is 9.82. The molecule has 1 aliphatic rings. The van der Waals surface area contributed by atoms with Crippen molar-refractivity contribution in [2.24, 2.45) is 0 Å². The average molecular weight is 1230 g/mol. The number of benzene rings is 13.